The van der Waals surface area contributed by atoms with Crippen LogP contribution in [-0.2, 0) is 6.54 Å². The topological polar surface area (TPSA) is 53.0 Å². The molecule has 1 aromatic rings. The van der Waals surface area contributed by atoms with E-state index in [0.717, 1.165) is 31.7 Å². The van der Waals surface area contributed by atoms with E-state index < -0.39 is 0 Å². The molecule has 1 unspecified atom stereocenters. The second-order valence-corrected chi connectivity index (χ2v) is 4.09. The molecule has 1 heterocycles. The zero-order valence-electron chi connectivity index (χ0n) is 8.69. The number of hydrogen-bond acceptors (Lipinski definition) is 3. The van der Waals surface area contributed by atoms with E-state index in [9.17, 15) is 0 Å². The minimum absolute atomic E-state index is 0.214. The summed E-state index contributed by atoms with van der Waals surface area (Å²) in [6, 6.07) is 10.3. The molecule has 1 fully saturated rings. The highest BCUT2D eigenvalue weighted by molar-refractivity contribution is 5.40. The van der Waals surface area contributed by atoms with E-state index in [2.05, 4.69) is 17.0 Å². The Morgan fingerprint density at radius 2 is 2.40 bits per heavy atom. The van der Waals surface area contributed by atoms with Crippen LogP contribution in [0.4, 0.5) is 5.69 Å². The van der Waals surface area contributed by atoms with Crippen molar-refractivity contribution in [2.24, 2.45) is 5.92 Å². The van der Waals surface area contributed by atoms with Crippen LogP contribution in [0.2, 0.25) is 0 Å². The molecule has 1 aromatic carbocycles. The Bertz CT molecular complexity index is 381. The number of benzene rings is 1. The van der Waals surface area contributed by atoms with Gasteiger partial charge in [0.1, 0.15) is 0 Å². The van der Waals surface area contributed by atoms with Crippen LogP contribution in [0.3, 0.4) is 0 Å². The molecule has 0 aromatic heterocycles. The van der Waals surface area contributed by atoms with Crippen LogP contribution < -0.4 is 5.73 Å². The fourth-order valence-corrected chi connectivity index (χ4v) is 2.03. The SMILES string of the molecule is N#CC1CCN(Cc2cccc(N)c2)C1. The molecular weight excluding hydrogens is 186 g/mol. The van der Waals surface area contributed by atoms with Crippen molar-refractivity contribution >= 4 is 5.69 Å². The van der Waals surface area contributed by atoms with E-state index >= 15 is 0 Å². The first-order valence-electron chi connectivity index (χ1n) is 5.24. The molecule has 2 rings (SSSR count). The Morgan fingerprint density at radius 1 is 1.53 bits per heavy atom. The van der Waals surface area contributed by atoms with Crippen molar-refractivity contribution in [2.45, 2.75) is 13.0 Å². The van der Waals surface area contributed by atoms with Gasteiger partial charge in [-0.15, -0.1) is 0 Å². The van der Waals surface area contributed by atoms with Gasteiger partial charge in [0, 0.05) is 18.8 Å². The molecule has 0 aliphatic carbocycles. The van der Waals surface area contributed by atoms with Crippen LogP contribution in [0.25, 0.3) is 0 Å². The summed E-state index contributed by atoms with van der Waals surface area (Å²) in [5.41, 5.74) is 7.75. The van der Waals surface area contributed by atoms with Crippen LogP contribution in [-0.4, -0.2) is 18.0 Å². The van der Waals surface area contributed by atoms with Gasteiger partial charge in [-0.05, 0) is 30.7 Å². The maximum absolute atomic E-state index is 8.80. The van der Waals surface area contributed by atoms with E-state index in [4.69, 9.17) is 11.0 Å². The average Bonchev–Trinajstić information content (AvgIpc) is 2.65. The molecule has 15 heavy (non-hydrogen) atoms. The van der Waals surface area contributed by atoms with Crippen molar-refractivity contribution in [1.29, 1.82) is 5.26 Å². The summed E-state index contributed by atoms with van der Waals surface area (Å²) in [5.74, 6) is 0.214. The highest BCUT2D eigenvalue weighted by Gasteiger charge is 2.21. The van der Waals surface area contributed by atoms with Gasteiger partial charge >= 0.3 is 0 Å². The second-order valence-electron chi connectivity index (χ2n) is 4.09. The third-order valence-electron chi connectivity index (χ3n) is 2.81. The lowest BCUT2D eigenvalue weighted by Gasteiger charge is -2.14. The molecular formula is C12H15N3. The molecule has 1 atom stereocenters. The number of nitrogen functional groups attached to an aromatic ring is 1. The minimum atomic E-state index is 0.214. The average molecular weight is 201 g/mol. The highest BCUT2D eigenvalue weighted by Crippen LogP contribution is 2.18. The zero-order chi connectivity index (χ0) is 10.7. The molecule has 0 radical (unpaired) electrons. The Balaban J connectivity index is 1.96. The molecule has 1 saturated heterocycles. The number of nitrogens with two attached hydrogens (primary N) is 1. The summed E-state index contributed by atoms with van der Waals surface area (Å²) in [6.07, 6.45) is 0.999. The van der Waals surface area contributed by atoms with Gasteiger partial charge in [-0.2, -0.15) is 5.26 Å². The van der Waals surface area contributed by atoms with Crippen molar-refractivity contribution in [3.8, 4) is 6.07 Å². The van der Waals surface area contributed by atoms with E-state index in [0.29, 0.717) is 0 Å². The first-order chi connectivity index (χ1) is 7.28. The van der Waals surface area contributed by atoms with Crippen molar-refractivity contribution in [3.63, 3.8) is 0 Å². The van der Waals surface area contributed by atoms with Crippen molar-refractivity contribution in [2.75, 3.05) is 18.8 Å². The number of hydrogen-bond donors (Lipinski definition) is 1. The molecule has 0 amide bonds. The number of likely N-dealkylation sites (tertiary alicyclic amines) is 1. The van der Waals surface area contributed by atoms with Gasteiger partial charge in [0.15, 0.2) is 0 Å². The van der Waals surface area contributed by atoms with Gasteiger partial charge in [-0.25, -0.2) is 0 Å². The largest absolute Gasteiger partial charge is 0.399 e. The van der Waals surface area contributed by atoms with Crippen LogP contribution in [0.5, 0.6) is 0 Å². The predicted molar refractivity (Wildman–Crippen MR) is 59.9 cm³/mol. The molecule has 3 heteroatoms. The third-order valence-corrected chi connectivity index (χ3v) is 2.81. The van der Waals surface area contributed by atoms with E-state index in [-0.39, 0.29) is 5.92 Å². The van der Waals surface area contributed by atoms with E-state index in [1.165, 1.54) is 5.56 Å². The third kappa shape index (κ3) is 2.48. The van der Waals surface area contributed by atoms with Crippen LogP contribution in [0, 0.1) is 17.2 Å². The zero-order valence-corrected chi connectivity index (χ0v) is 8.69. The normalized spacial score (nSPS) is 21.4. The van der Waals surface area contributed by atoms with Crippen LogP contribution in [0.1, 0.15) is 12.0 Å². The van der Waals surface area contributed by atoms with Crippen molar-refractivity contribution in [1.82, 2.24) is 4.90 Å². The molecule has 1 aliphatic rings. The van der Waals surface area contributed by atoms with Crippen molar-refractivity contribution < 1.29 is 0 Å². The summed E-state index contributed by atoms with van der Waals surface area (Å²) in [6.45, 7) is 2.82. The summed E-state index contributed by atoms with van der Waals surface area (Å²) < 4.78 is 0. The van der Waals surface area contributed by atoms with Gasteiger partial charge in [0.25, 0.3) is 0 Å². The quantitative estimate of drug-likeness (QED) is 0.740. The van der Waals surface area contributed by atoms with Crippen LogP contribution >= 0.6 is 0 Å². The number of rotatable bonds is 2. The highest BCUT2D eigenvalue weighted by atomic mass is 15.1. The molecule has 1 aliphatic heterocycles. The van der Waals surface area contributed by atoms with Gasteiger partial charge in [0.05, 0.1) is 12.0 Å². The predicted octanol–water partition coefficient (Wildman–Crippen LogP) is 1.61. The molecule has 2 N–H and O–H groups in total. The Labute approximate surface area is 90.1 Å². The Morgan fingerprint density at radius 3 is 3.07 bits per heavy atom. The molecule has 3 nitrogen and oxygen atoms in total. The van der Waals surface area contributed by atoms with E-state index in [1.807, 2.05) is 18.2 Å². The lowest BCUT2D eigenvalue weighted by Crippen LogP contribution is -2.19. The smallest absolute Gasteiger partial charge is 0.0669 e. The summed E-state index contributed by atoms with van der Waals surface area (Å²) >= 11 is 0. The van der Waals surface area contributed by atoms with E-state index in [1.54, 1.807) is 0 Å². The lowest BCUT2D eigenvalue weighted by molar-refractivity contribution is 0.325. The van der Waals surface area contributed by atoms with Gasteiger partial charge in [-0.1, -0.05) is 12.1 Å². The molecule has 78 valence electrons. The summed E-state index contributed by atoms with van der Waals surface area (Å²) in [5, 5.41) is 8.80. The Kier molecular flexibility index (Phi) is 2.89. The standard InChI is InChI=1S/C12H15N3/c13-7-11-4-5-15(9-11)8-10-2-1-3-12(14)6-10/h1-3,6,11H,4-5,8-9,14H2. The number of anilines is 1. The summed E-state index contributed by atoms with van der Waals surface area (Å²) in [7, 11) is 0. The minimum Gasteiger partial charge on any atom is -0.399 e. The van der Waals surface area contributed by atoms with Gasteiger partial charge in [0.2, 0.25) is 0 Å². The van der Waals surface area contributed by atoms with Gasteiger partial charge in [-0.3, -0.25) is 4.90 Å². The number of nitriles is 1. The Hall–Kier alpha value is -1.53. The molecule has 0 saturated carbocycles. The van der Waals surface area contributed by atoms with Gasteiger partial charge < -0.3 is 5.73 Å². The fourth-order valence-electron chi connectivity index (χ4n) is 2.03. The first-order valence-corrected chi connectivity index (χ1v) is 5.24. The lowest BCUT2D eigenvalue weighted by atomic mass is 10.1. The number of nitrogens with zero attached hydrogens (tertiary/aromatic N) is 2. The maximum atomic E-state index is 8.80. The molecule has 0 spiro atoms. The summed E-state index contributed by atoms with van der Waals surface area (Å²) in [4.78, 5) is 2.31. The molecule has 0 bridgehead atoms. The monoisotopic (exact) mass is 201 g/mol. The van der Waals surface area contributed by atoms with Crippen LogP contribution in [0.15, 0.2) is 24.3 Å². The van der Waals surface area contributed by atoms with Crippen molar-refractivity contribution in [3.05, 3.63) is 29.8 Å². The fraction of sp³-hybridized carbons (Fsp3) is 0.417. The second kappa shape index (κ2) is 4.33. The first kappa shape index (κ1) is 10.0. The maximum Gasteiger partial charge on any atom is 0.0669 e.